The van der Waals surface area contributed by atoms with Crippen LogP contribution in [0, 0.1) is 0 Å². The van der Waals surface area contributed by atoms with Crippen LogP contribution in [0.2, 0.25) is 0 Å². The fourth-order valence-electron chi connectivity index (χ4n) is 2.04. The van der Waals surface area contributed by atoms with Crippen LogP contribution in [0.25, 0.3) is 11.1 Å². The first-order valence-electron chi connectivity index (χ1n) is 6.55. The van der Waals surface area contributed by atoms with Gasteiger partial charge in [-0.2, -0.15) is 0 Å². The molecule has 0 fully saturated rings. The average Bonchev–Trinajstić information content (AvgIpc) is 2.95. The Morgan fingerprint density at radius 3 is 2.62 bits per heavy atom. The zero-order valence-corrected chi connectivity index (χ0v) is 11.8. The summed E-state index contributed by atoms with van der Waals surface area (Å²) in [5, 5.41) is 2.86. The molecule has 21 heavy (non-hydrogen) atoms. The van der Waals surface area contributed by atoms with E-state index in [-0.39, 0.29) is 5.91 Å². The minimum Gasteiger partial charge on any atom is -0.443 e. The topological polar surface area (TPSA) is 58.4 Å². The summed E-state index contributed by atoms with van der Waals surface area (Å²) < 4.78 is 5.20. The maximum Gasteiger partial charge on any atom is 0.255 e. The molecule has 1 aromatic heterocycles. The van der Waals surface area contributed by atoms with E-state index < -0.39 is 0 Å². The van der Waals surface area contributed by atoms with Crippen molar-refractivity contribution in [1.82, 2.24) is 4.98 Å². The lowest BCUT2D eigenvalue weighted by Gasteiger charge is -2.13. The van der Waals surface area contributed by atoms with E-state index in [1.165, 1.54) is 6.39 Å². The Morgan fingerprint density at radius 2 is 1.90 bits per heavy atom. The molecule has 3 rings (SSSR count). The lowest BCUT2D eigenvalue weighted by molar-refractivity contribution is 0.102. The van der Waals surface area contributed by atoms with Crippen LogP contribution in [0.3, 0.4) is 0 Å². The standard InChI is InChI=1S/C16H15N3O2/c1-19(2)13-6-4-12(5-7-13)18-16(20)11-3-8-14-15(9-11)21-10-17-14/h3-10H,1-2H3,(H,18,20). The molecule has 0 saturated carbocycles. The van der Waals surface area contributed by atoms with Gasteiger partial charge in [-0.1, -0.05) is 0 Å². The van der Waals surface area contributed by atoms with Crippen LogP contribution in [-0.2, 0) is 0 Å². The highest BCUT2D eigenvalue weighted by atomic mass is 16.3. The normalized spacial score (nSPS) is 10.6. The van der Waals surface area contributed by atoms with E-state index >= 15 is 0 Å². The molecule has 0 aliphatic rings. The van der Waals surface area contributed by atoms with Crippen LogP contribution in [-0.4, -0.2) is 25.0 Å². The number of benzene rings is 2. The van der Waals surface area contributed by atoms with E-state index in [2.05, 4.69) is 10.3 Å². The first kappa shape index (κ1) is 13.2. The fourth-order valence-corrected chi connectivity index (χ4v) is 2.04. The van der Waals surface area contributed by atoms with E-state index in [0.29, 0.717) is 11.1 Å². The van der Waals surface area contributed by atoms with Crippen molar-refractivity contribution in [3.63, 3.8) is 0 Å². The van der Waals surface area contributed by atoms with E-state index in [1.807, 2.05) is 43.3 Å². The van der Waals surface area contributed by atoms with Gasteiger partial charge >= 0.3 is 0 Å². The van der Waals surface area contributed by atoms with Crippen molar-refractivity contribution in [2.24, 2.45) is 0 Å². The highest BCUT2D eigenvalue weighted by Gasteiger charge is 2.09. The second-order valence-electron chi connectivity index (χ2n) is 4.93. The minimum atomic E-state index is -0.175. The summed E-state index contributed by atoms with van der Waals surface area (Å²) in [7, 11) is 3.94. The zero-order valence-electron chi connectivity index (χ0n) is 11.8. The number of hydrogen-bond acceptors (Lipinski definition) is 4. The van der Waals surface area contributed by atoms with Gasteiger partial charge in [0.1, 0.15) is 5.52 Å². The molecular formula is C16H15N3O2. The van der Waals surface area contributed by atoms with Gasteiger partial charge in [-0.25, -0.2) is 4.98 Å². The Morgan fingerprint density at radius 1 is 1.14 bits per heavy atom. The van der Waals surface area contributed by atoms with Crippen molar-refractivity contribution in [3.05, 3.63) is 54.4 Å². The molecule has 1 amide bonds. The number of hydrogen-bond donors (Lipinski definition) is 1. The van der Waals surface area contributed by atoms with Gasteiger partial charge in [-0.05, 0) is 42.5 Å². The predicted octanol–water partition coefficient (Wildman–Crippen LogP) is 3.15. The summed E-state index contributed by atoms with van der Waals surface area (Å²) in [6.07, 6.45) is 1.37. The van der Waals surface area contributed by atoms with Crippen LogP contribution in [0.1, 0.15) is 10.4 Å². The quantitative estimate of drug-likeness (QED) is 0.801. The number of carbonyl (C=O) groups excluding carboxylic acids is 1. The first-order valence-corrected chi connectivity index (χ1v) is 6.55. The van der Waals surface area contributed by atoms with Gasteiger partial charge in [0.25, 0.3) is 5.91 Å². The molecule has 5 nitrogen and oxygen atoms in total. The molecule has 106 valence electrons. The van der Waals surface area contributed by atoms with E-state index in [1.54, 1.807) is 18.2 Å². The van der Waals surface area contributed by atoms with E-state index in [9.17, 15) is 4.79 Å². The van der Waals surface area contributed by atoms with Crippen molar-refractivity contribution < 1.29 is 9.21 Å². The van der Waals surface area contributed by atoms with Gasteiger partial charge in [0.2, 0.25) is 0 Å². The predicted molar refractivity (Wildman–Crippen MR) is 82.7 cm³/mol. The van der Waals surface area contributed by atoms with Crippen LogP contribution in [0.5, 0.6) is 0 Å². The average molecular weight is 281 g/mol. The van der Waals surface area contributed by atoms with Gasteiger partial charge < -0.3 is 14.6 Å². The molecule has 0 atom stereocenters. The minimum absolute atomic E-state index is 0.175. The molecule has 5 heteroatoms. The Hall–Kier alpha value is -2.82. The second kappa shape index (κ2) is 5.28. The maximum atomic E-state index is 12.2. The van der Waals surface area contributed by atoms with Gasteiger partial charge in [0, 0.05) is 31.0 Å². The van der Waals surface area contributed by atoms with Crippen molar-refractivity contribution >= 4 is 28.4 Å². The molecule has 0 unspecified atom stereocenters. The Kier molecular flexibility index (Phi) is 3.31. The Bertz CT molecular complexity index is 776. The number of anilines is 2. The molecule has 0 saturated heterocycles. The summed E-state index contributed by atoms with van der Waals surface area (Å²) in [6, 6.07) is 12.8. The van der Waals surface area contributed by atoms with Crippen LogP contribution >= 0.6 is 0 Å². The van der Waals surface area contributed by atoms with Gasteiger partial charge in [-0.3, -0.25) is 4.79 Å². The SMILES string of the molecule is CN(C)c1ccc(NC(=O)c2ccc3ncoc3c2)cc1. The molecule has 0 bridgehead atoms. The van der Waals surface area contributed by atoms with Gasteiger partial charge in [-0.15, -0.1) is 0 Å². The summed E-state index contributed by atoms with van der Waals surface area (Å²) in [5.74, 6) is -0.175. The molecule has 0 spiro atoms. The molecule has 0 radical (unpaired) electrons. The van der Waals surface area contributed by atoms with Crippen LogP contribution in [0.4, 0.5) is 11.4 Å². The molecule has 1 heterocycles. The van der Waals surface area contributed by atoms with Gasteiger partial charge in [0.15, 0.2) is 12.0 Å². The van der Waals surface area contributed by atoms with Crippen molar-refractivity contribution in [1.29, 1.82) is 0 Å². The first-order chi connectivity index (χ1) is 10.1. The third kappa shape index (κ3) is 2.72. The molecule has 1 N–H and O–H groups in total. The third-order valence-corrected chi connectivity index (χ3v) is 3.24. The highest BCUT2D eigenvalue weighted by Crippen LogP contribution is 2.18. The van der Waals surface area contributed by atoms with E-state index in [4.69, 9.17) is 4.42 Å². The fraction of sp³-hybridized carbons (Fsp3) is 0.125. The highest BCUT2D eigenvalue weighted by molar-refractivity contribution is 6.05. The number of amides is 1. The largest absolute Gasteiger partial charge is 0.443 e. The number of nitrogens with zero attached hydrogens (tertiary/aromatic N) is 2. The lowest BCUT2D eigenvalue weighted by atomic mass is 10.2. The molecule has 2 aromatic carbocycles. The van der Waals surface area contributed by atoms with Gasteiger partial charge in [0.05, 0.1) is 0 Å². The number of fused-ring (bicyclic) bond motifs is 1. The monoisotopic (exact) mass is 281 g/mol. The number of rotatable bonds is 3. The van der Waals surface area contributed by atoms with Crippen molar-refractivity contribution in [3.8, 4) is 0 Å². The zero-order chi connectivity index (χ0) is 14.8. The third-order valence-electron chi connectivity index (χ3n) is 3.24. The van der Waals surface area contributed by atoms with Crippen molar-refractivity contribution in [2.75, 3.05) is 24.3 Å². The van der Waals surface area contributed by atoms with Crippen LogP contribution in [0.15, 0.2) is 53.3 Å². The Labute approximate surface area is 122 Å². The van der Waals surface area contributed by atoms with Crippen molar-refractivity contribution in [2.45, 2.75) is 0 Å². The summed E-state index contributed by atoms with van der Waals surface area (Å²) in [4.78, 5) is 18.2. The number of nitrogens with one attached hydrogen (secondary N) is 1. The summed E-state index contributed by atoms with van der Waals surface area (Å²) in [6.45, 7) is 0. The summed E-state index contributed by atoms with van der Waals surface area (Å²) in [5.41, 5.74) is 3.71. The molecular weight excluding hydrogens is 266 g/mol. The number of oxazole rings is 1. The molecule has 0 aliphatic carbocycles. The maximum absolute atomic E-state index is 12.2. The smallest absolute Gasteiger partial charge is 0.255 e. The number of aromatic nitrogens is 1. The Balaban J connectivity index is 1.78. The molecule has 3 aromatic rings. The number of carbonyl (C=O) groups is 1. The van der Waals surface area contributed by atoms with E-state index in [0.717, 1.165) is 16.9 Å². The second-order valence-corrected chi connectivity index (χ2v) is 4.93. The van der Waals surface area contributed by atoms with Crippen LogP contribution < -0.4 is 10.2 Å². The molecule has 0 aliphatic heterocycles. The lowest BCUT2D eigenvalue weighted by Crippen LogP contribution is -2.12. The summed E-state index contributed by atoms with van der Waals surface area (Å²) >= 11 is 0.